The maximum absolute atomic E-state index is 12.2. The first-order chi connectivity index (χ1) is 9.24. The number of thiazole rings is 1. The fourth-order valence-corrected chi connectivity index (χ4v) is 3.09. The number of aromatic nitrogens is 1. The Morgan fingerprint density at radius 3 is 3.26 bits per heavy atom. The molecular weight excluding hydrogens is 260 g/mol. The Kier molecular flexibility index (Phi) is 3.48. The van der Waals surface area contributed by atoms with Gasteiger partial charge in [0.15, 0.2) is 0 Å². The van der Waals surface area contributed by atoms with Crippen molar-refractivity contribution in [3.05, 3.63) is 29.3 Å². The highest BCUT2D eigenvalue weighted by molar-refractivity contribution is 7.16. The number of benzene rings is 1. The van der Waals surface area contributed by atoms with Gasteiger partial charge in [-0.05, 0) is 38.0 Å². The van der Waals surface area contributed by atoms with Crippen molar-refractivity contribution < 1.29 is 9.53 Å². The van der Waals surface area contributed by atoms with Crippen molar-refractivity contribution in [1.29, 1.82) is 0 Å². The van der Waals surface area contributed by atoms with Crippen molar-refractivity contribution in [1.82, 2.24) is 10.3 Å². The Morgan fingerprint density at radius 1 is 1.58 bits per heavy atom. The number of fused-ring (bicyclic) bond motifs is 1. The molecule has 19 heavy (non-hydrogen) atoms. The highest BCUT2D eigenvalue weighted by Gasteiger charge is 2.24. The molecule has 1 N–H and O–H groups in total. The minimum Gasteiger partial charge on any atom is -0.376 e. The van der Waals surface area contributed by atoms with Gasteiger partial charge in [0.05, 0.1) is 27.9 Å². The lowest BCUT2D eigenvalue weighted by molar-refractivity contribution is 0.0712. The van der Waals surface area contributed by atoms with Crippen LogP contribution in [0.25, 0.3) is 10.2 Å². The second kappa shape index (κ2) is 5.27. The molecule has 0 spiro atoms. The van der Waals surface area contributed by atoms with Crippen LogP contribution in [-0.4, -0.2) is 29.6 Å². The second-order valence-corrected chi connectivity index (χ2v) is 5.73. The van der Waals surface area contributed by atoms with Crippen LogP contribution in [0.3, 0.4) is 0 Å². The van der Waals surface area contributed by atoms with Crippen molar-refractivity contribution in [2.24, 2.45) is 0 Å². The molecule has 100 valence electrons. The molecule has 1 aromatic carbocycles. The van der Waals surface area contributed by atoms with Crippen molar-refractivity contribution in [3.63, 3.8) is 0 Å². The number of nitrogens with one attached hydrogen (secondary N) is 1. The summed E-state index contributed by atoms with van der Waals surface area (Å²) in [7, 11) is 0. The molecule has 2 aromatic rings. The summed E-state index contributed by atoms with van der Waals surface area (Å²) in [6, 6.07) is 5.65. The minimum absolute atomic E-state index is 0.0432. The van der Waals surface area contributed by atoms with E-state index in [2.05, 4.69) is 10.3 Å². The quantitative estimate of drug-likeness (QED) is 0.937. The smallest absolute Gasteiger partial charge is 0.251 e. The maximum atomic E-state index is 12.2. The SMILES string of the molecule is C[C@H](NC(=O)c1ccc2ncsc2c1)[C@H]1CCCO1. The second-order valence-electron chi connectivity index (χ2n) is 4.85. The third-order valence-corrected chi connectivity index (χ3v) is 4.27. The van der Waals surface area contributed by atoms with E-state index in [9.17, 15) is 4.79 Å². The van der Waals surface area contributed by atoms with E-state index in [0.29, 0.717) is 5.56 Å². The Hall–Kier alpha value is -1.46. The highest BCUT2D eigenvalue weighted by atomic mass is 32.1. The molecule has 0 unspecified atom stereocenters. The summed E-state index contributed by atoms with van der Waals surface area (Å²) in [4.78, 5) is 16.4. The van der Waals surface area contributed by atoms with Gasteiger partial charge in [-0.25, -0.2) is 4.98 Å². The van der Waals surface area contributed by atoms with Crippen LogP contribution in [0.5, 0.6) is 0 Å². The standard InChI is InChI=1S/C14H16N2O2S/c1-9(12-3-2-6-18-12)16-14(17)10-4-5-11-13(7-10)19-8-15-11/h4-5,7-9,12H,2-3,6H2,1H3,(H,16,17)/t9-,12+/m0/s1. The predicted octanol–water partition coefficient (Wildman–Crippen LogP) is 2.59. The predicted molar refractivity (Wildman–Crippen MR) is 75.5 cm³/mol. The normalized spacial score (nSPS) is 20.6. The Balaban J connectivity index is 1.71. The molecule has 0 bridgehead atoms. The largest absolute Gasteiger partial charge is 0.376 e. The molecule has 3 rings (SSSR count). The van der Waals surface area contributed by atoms with Crippen LogP contribution >= 0.6 is 11.3 Å². The third kappa shape index (κ3) is 2.62. The Morgan fingerprint density at radius 2 is 2.47 bits per heavy atom. The van der Waals surface area contributed by atoms with Gasteiger partial charge in [0.2, 0.25) is 0 Å². The van der Waals surface area contributed by atoms with Gasteiger partial charge in [-0.15, -0.1) is 11.3 Å². The summed E-state index contributed by atoms with van der Waals surface area (Å²) in [5.41, 5.74) is 3.41. The first-order valence-corrected chi connectivity index (χ1v) is 7.38. The number of amides is 1. The summed E-state index contributed by atoms with van der Waals surface area (Å²) < 4.78 is 6.63. The average Bonchev–Trinajstić information content (AvgIpc) is 3.09. The van der Waals surface area contributed by atoms with Crippen LogP contribution < -0.4 is 5.32 Å². The first-order valence-electron chi connectivity index (χ1n) is 6.50. The van der Waals surface area contributed by atoms with Crippen LogP contribution in [0.4, 0.5) is 0 Å². The third-order valence-electron chi connectivity index (χ3n) is 3.47. The molecule has 0 aliphatic carbocycles. The lowest BCUT2D eigenvalue weighted by Gasteiger charge is -2.19. The van der Waals surface area contributed by atoms with Crippen LogP contribution in [-0.2, 0) is 4.74 Å². The number of hydrogen-bond acceptors (Lipinski definition) is 4. The molecule has 0 saturated carbocycles. The van der Waals surface area contributed by atoms with Gasteiger partial charge in [0.1, 0.15) is 0 Å². The number of carbonyl (C=O) groups excluding carboxylic acids is 1. The van der Waals surface area contributed by atoms with E-state index in [1.54, 1.807) is 16.8 Å². The van der Waals surface area contributed by atoms with E-state index in [4.69, 9.17) is 4.74 Å². The van der Waals surface area contributed by atoms with Crippen LogP contribution in [0, 0.1) is 0 Å². The molecule has 0 radical (unpaired) electrons. The number of carbonyl (C=O) groups is 1. The molecule has 2 atom stereocenters. The molecular formula is C14H16N2O2S. The topological polar surface area (TPSA) is 51.2 Å². The van der Waals surface area contributed by atoms with E-state index in [0.717, 1.165) is 29.7 Å². The van der Waals surface area contributed by atoms with Gasteiger partial charge in [-0.3, -0.25) is 4.79 Å². The van der Waals surface area contributed by atoms with Gasteiger partial charge in [-0.2, -0.15) is 0 Å². The molecule has 4 nitrogen and oxygen atoms in total. The Bertz CT molecular complexity index is 590. The lowest BCUT2D eigenvalue weighted by Crippen LogP contribution is -2.40. The zero-order valence-corrected chi connectivity index (χ0v) is 11.6. The molecule has 1 aliphatic rings. The zero-order valence-electron chi connectivity index (χ0n) is 10.8. The van der Waals surface area contributed by atoms with Gasteiger partial charge >= 0.3 is 0 Å². The molecule has 1 amide bonds. The fourth-order valence-electron chi connectivity index (χ4n) is 2.38. The van der Waals surface area contributed by atoms with Crippen molar-refractivity contribution in [3.8, 4) is 0 Å². The summed E-state index contributed by atoms with van der Waals surface area (Å²) in [5, 5.41) is 3.02. The monoisotopic (exact) mass is 276 g/mol. The van der Waals surface area contributed by atoms with Crippen LogP contribution in [0.15, 0.2) is 23.7 Å². The van der Waals surface area contributed by atoms with E-state index in [-0.39, 0.29) is 18.1 Å². The summed E-state index contributed by atoms with van der Waals surface area (Å²) >= 11 is 1.55. The molecule has 5 heteroatoms. The van der Waals surface area contributed by atoms with Gasteiger partial charge in [-0.1, -0.05) is 0 Å². The van der Waals surface area contributed by atoms with E-state index in [1.807, 2.05) is 25.1 Å². The zero-order chi connectivity index (χ0) is 13.2. The van der Waals surface area contributed by atoms with Crippen molar-refractivity contribution >= 4 is 27.5 Å². The van der Waals surface area contributed by atoms with Crippen molar-refractivity contribution in [2.45, 2.75) is 31.9 Å². The fraction of sp³-hybridized carbons (Fsp3) is 0.429. The number of rotatable bonds is 3. The molecule has 1 fully saturated rings. The molecule has 1 aromatic heterocycles. The lowest BCUT2D eigenvalue weighted by atomic mass is 10.1. The highest BCUT2D eigenvalue weighted by Crippen LogP contribution is 2.20. The molecule has 1 saturated heterocycles. The summed E-state index contributed by atoms with van der Waals surface area (Å²) in [6.07, 6.45) is 2.25. The number of hydrogen-bond donors (Lipinski definition) is 1. The molecule has 1 aliphatic heterocycles. The summed E-state index contributed by atoms with van der Waals surface area (Å²) in [6.45, 7) is 2.80. The summed E-state index contributed by atoms with van der Waals surface area (Å²) in [5.74, 6) is -0.0432. The number of ether oxygens (including phenoxy) is 1. The Labute approximate surface area is 115 Å². The van der Waals surface area contributed by atoms with Crippen molar-refractivity contribution in [2.75, 3.05) is 6.61 Å². The maximum Gasteiger partial charge on any atom is 0.251 e. The van der Waals surface area contributed by atoms with Gasteiger partial charge < -0.3 is 10.1 Å². The van der Waals surface area contributed by atoms with Crippen LogP contribution in [0.1, 0.15) is 30.1 Å². The minimum atomic E-state index is -0.0432. The first kappa shape index (κ1) is 12.6. The molecule has 2 heterocycles. The average molecular weight is 276 g/mol. The van der Waals surface area contributed by atoms with E-state index < -0.39 is 0 Å². The van der Waals surface area contributed by atoms with E-state index in [1.165, 1.54) is 0 Å². The van der Waals surface area contributed by atoms with Gasteiger partial charge in [0, 0.05) is 12.2 Å². The van der Waals surface area contributed by atoms with Crippen LogP contribution in [0.2, 0.25) is 0 Å². The van der Waals surface area contributed by atoms with Gasteiger partial charge in [0.25, 0.3) is 5.91 Å². The van der Waals surface area contributed by atoms with E-state index >= 15 is 0 Å². The number of nitrogens with zero attached hydrogens (tertiary/aromatic N) is 1.